The van der Waals surface area contributed by atoms with E-state index in [-0.39, 0.29) is 24.1 Å². The second kappa shape index (κ2) is 8.09. The van der Waals surface area contributed by atoms with Gasteiger partial charge in [0.15, 0.2) is 0 Å². The van der Waals surface area contributed by atoms with E-state index < -0.39 is 0 Å². The molecule has 138 valence electrons. The van der Waals surface area contributed by atoms with Gasteiger partial charge in [0, 0.05) is 19.5 Å². The zero-order chi connectivity index (χ0) is 17.8. The third-order valence-corrected chi connectivity index (χ3v) is 5.57. The van der Waals surface area contributed by atoms with E-state index in [0.29, 0.717) is 12.5 Å². The lowest BCUT2D eigenvalue weighted by Gasteiger charge is -2.32. The van der Waals surface area contributed by atoms with Crippen LogP contribution >= 0.6 is 0 Å². The molecule has 0 heterocycles. The molecule has 2 aliphatic carbocycles. The molecule has 2 fully saturated rings. The van der Waals surface area contributed by atoms with Crippen LogP contribution < -0.4 is 10.1 Å². The van der Waals surface area contributed by atoms with E-state index in [0.717, 1.165) is 49.8 Å². The number of hydrogen-bond acceptors (Lipinski definition) is 3. The smallest absolute Gasteiger partial charge is 0.317 e. The van der Waals surface area contributed by atoms with Crippen molar-refractivity contribution in [3.63, 3.8) is 0 Å². The van der Waals surface area contributed by atoms with Crippen molar-refractivity contribution in [1.82, 2.24) is 10.2 Å². The van der Waals surface area contributed by atoms with Crippen LogP contribution in [0.5, 0.6) is 5.75 Å². The maximum atomic E-state index is 12.7. The summed E-state index contributed by atoms with van der Waals surface area (Å²) in [5.41, 5.74) is 1.13. The zero-order valence-electron chi connectivity index (χ0n) is 15.3. The van der Waals surface area contributed by atoms with Crippen molar-refractivity contribution in [2.45, 2.75) is 50.7 Å². The van der Waals surface area contributed by atoms with Crippen molar-refractivity contribution in [1.29, 1.82) is 0 Å². The molecular weight excluding hydrogens is 316 g/mol. The van der Waals surface area contributed by atoms with Gasteiger partial charge in [0.2, 0.25) is 0 Å². The number of methoxy groups -OCH3 is 1. The number of rotatable bonds is 6. The predicted molar refractivity (Wildman–Crippen MR) is 97.6 cm³/mol. The van der Waals surface area contributed by atoms with E-state index in [1.807, 2.05) is 31.3 Å². The number of aliphatic hydroxyl groups excluding tert-OH is 1. The van der Waals surface area contributed by atoms with Gasteiger partial charge < -0.3 is 20.1 Å². The summed E-state index contributed by atoms with van der Waals surface area (Å²) in [7, 11) is 3.48. The van der Waals surface area contributed by atoms with Gasteiger partial charge in [-0.05, 0) is 49.3 Å². The Balaban J connectivity index is 1.60. The summed E-state index contributed by atoms with van der Waals surface area (Å²) in [5.74, 6) is 1.55. The van der Waals surface area contributed by atoms with Crippen LogP contribution in [0.2, 0.25) is 0 Å². The van der Waals surface area contributed by atoms with Crippen molar-refractivity contribution < 1.29 is 14.6 Å². The molecule has 0 saturated heterocycles. The van der Waals surface area contributed by atoms with Gasteiger partial charge in [0.1, 0.15) is 5.75 Å². The topological polar surface area (TPSA) is 61.8 Å². The van der Waals surface area contributed by atoms with Gasteiger partial charge in [0.25, 0.3) is 0 Å². The number of carbonyl (C=O) groups is 1. The van der Waals surface area contributed by atoms with Gasteiger partial charge in [-0.3, -0.25) is 0 Å². The lowest BCUT2D eigenvalue weighted by molar-refractivity contribution is 0.0562. The summed E-state index contributed by atoms with van der Waals surface area (Å²) in [4.78, 5) is 14.4. The van der Waals surface area contributed by atoms with Gasteiger partial charge in [-0.2, -0.15) is 0 Å². The third kappa shape index (κ3) is 4.66. The van der Waals surface area contributed by atoms with Crippen molar-refractivity contribution in [2.75, 3.05) is 20.7 Å². The molecule has 0 aliphatic heterocycles. The Morgan fingerprint density at radius 3 is 2.52 bits per heavy atom. The van der Waals surface area contributed by atoms with Crippen LogP contribution in [0, 0.1) is 11.8 Å². The molecular formula is C20H30N2O3. The molecule has 2 amide bonds. The summed E-state index contributed by atoms with van der Waals surface area (Å²) in [5, 5.41) is 13.3. The average molecular weight is 346 g/mol. The number of amides is 2. The Bertz CT molecular complexity index is 571. The van der Waals surface area contributed by atoms with Gasteiger partial charge >= 0.3 is 6.03 Å². The Kier molecular flexibility index (Phi) is 5.84. The zero-order valence-corrected chi connectivity index (χ0v) is 15.3. The first kappa shape index (κ1) is 18.1. The fourth-order valence-corrected chi connectivity index (χ4v) is 3.79. The normalized spacial score (nSPS) is 24.4. The first-order chi connectivity index (χ1) is 12.1. The molecule has 0 aromatic heterocycles. The summed E-state index contributed by atoms with van der Waals surface area (Å²) < 4.78 is 5.22. The number of urea groups is 1. The molecule has 3 unspecified atom stereocenters. The largest absolute Gasteiger partial charge is 0.497 e. The van der Waals surface area contributed by atoms with Crippen LogP contribution in [0.25, 0.3) is 0 Å². The number of nitrogens with zero attached hydrogens (tertiary/aromatic N) is 1. The highest BCUT2D eigenvalue weighted by molar-refractivity contribution is 5.74. The molecule has 0 bridgehead atoms. The van der Waals surface area contributed by atoms with E-state index >= 15 is 0 Å². The Labute approximate surface area is 150 Å². The van der Waals surface area contributed by atoms with Crippen LogP contribution in [0.4, 0.5) is 4.79 Å². The summed E-state index contributed by atoms with van der Waals surface area (Å²) in [6, 6.07) is 7.96. The highest BCUT2D eigenvalue weighted by Crippen LogP contribution is 2.41. The van der Waals surface area contributed by atoms with Crippen LogP contribution in [0.15, 0.2) is 24.3 Å². The predicted octanol–water partition coefficient (Wildman–Crippen LogP) is 3.34. The molecule has 3 rings (SSSR count). The van der Waals surface area contributed by atoms with Crippen LogP contribution in [-0.4, -0.2) is 42.8 Å². The molecule has 0 radical (unpaired) electrons. The molecule has 1 aromatic carbocycles. The fourth-order valence-electron chi connectivity index (χ4n) is 3.79. The lowest BCUT2D eigenvalue weighted by Crippen LogP contribution is -2.44. The molecule has 1 aromatic rings. The van der Waals surface area contributed by atoms with Crippen LogP contribution in [0.1, 0.15) is 50.1 Å². The number of benzene rings is 1. The molecule has 3 atom stereocenters. The third-order valence-electron chi connectivity index (χ3n) is 5.57. The van der Waals surface area contributed by atoms with Gasteiger partial charge in [-0.1, -0.05) is 25.0 Å². The maximum absolute atomic E-state index is 12.7. The van der Waals surface area contributed by atoms with Crippen molar-refractivity contribution >= 4 is 6.03 Å². The minimum atomic E-state index is -0.273. The van der Waals surface area contributed by atoms with E-state index in [1.165, 1.54) is 0 Å². The minimum absolute atomic E-state index is 0.0505. The maximum Gasteiger partial charge on any atom is 0.317 e. The number of nitrogens with one attached hydrogen (secondary N) is 1. The fraction of sp³-hybridized carbons (Fsp3) is 0.650. The van der Waals surface area contributed by atoms with E-state index in [9.17, 15) is 9.90 Å². The first-order valence-corrected chi connectivity index (χ1v) is 9.42. The quantitative estimate of drug-likeness (QED) is 0.830. The number of carbonyl (C=O) groups excluding carboxylic acids is 1. The molecule has 2 saturated carbocycles. The second-order valence-corrected chi connectivity index (χ2v) is 7.53. The molecule has 5 heteroatoms. The molecule has 5 nitrogen and oxygen atoms in total. The molecule has 2 aliphatic rings. The summed E-state index contributed by atoms with van der Waals surface area (Å²) in [6.45, 7) is 0.618. The molecule has 0 spiro atoms. The highest BCUT2D eigenvalue weighted by Gasteiger charge is 2.34. The summed E-state index contributed by atoms with van der Waals surface area (Å²) >= 11 is 0. The van der Waals surface area contributed by atoms with E-state index in [4.69, 9.17) is 4.74 Å². The van der Waals surface area contributed by atoms with Crippen molar-refractivity contribution in [3.05, 3.63) is 29.8 Å². The number of aliphatic hydroxyl groups is 1. The lowest BCUT2D eigenvalue weighted by atomic mass is 9.86. The summed E-state index contributed by atoms with van der Waals surface area (Å²) in [6.07, 6.45) is 6.14. The minimum Gasteiger partial charge on any atom is -0.497 e. The first-order valence-electron chi connectivity index (χ1n) is 9.42. The van der Waals surface area contributed by atoms with E-state index in [1.54, 1.807) is 12.0 Å². The Morgan fingerprint density at radius 2 is 1.92 bits per heavy atom. The highest BCUT2D eigenvalue weighted by atomic mass is 16.5. The SMILES string of the molecule is COc1ccc(C(NC(=O)N(C)CC2CCCCC2O)C2CC2)cc1. The van der Waals surface area contributed by atoms with Crippen molar-refractivity contribution in [3.8, 4) is 5.75 Å². The monoisotopic (exact) mass is 346 g/mol. The molecule has 2 N–H and O–H groups in total. The Morgan fingerprint density at radius 1 is 1.24 bits per heavy atom. The Hall–Kier alpha value is -1.75. The van der Waals surface area contributed by atoms with Gasteiger partial charge in [-0.25, -0.2) is 4.79 Å². The van der Waals surface area contributed by atoms with E-state index in [2.05, 4.69) is 5.32 Å². The van der Waals surface area contributed by atoms with Crippen LogP contribution in [0.3, 0.4) is 0 Å². The van der Waals surface area contributed by atoms with Crippen LogP contribution in [-0.2, 0) is 0 Å². The molecule has 25 heavy (non-hydrogen) atoms. The van der Waals surface area contributed by atoms with Crippen molar-refractivity contribution in [2.24, 2.45) is 11.8 Å². The standard InChI is InChI=1S/C20H30N2O3/c1-22(13-16-5-3-4-6-18(16)23)20(24)21-19(14-7-8-14)15-9-11-17(25-2)12-10-15/h9-12,14,16,18-19,23H,3-8,13H2,1-2H3,(H,21,24). The average Bonchev–Trinajstić information content (AvgIpc) is 3.46. The number of hydrogen-bond donors (Lipinski definition) is 2. The number of ether oxygens (including phenoxy) is 1. The second-order valence-electron chi connectivity index (χ2n) is 7.53. The van der Waals surface area contributed by atoms with Gasteiger partial charge in [-0.15, -0.1) is 0 Å². The van der Waals surface area contributed by atoms with Gasteiger partial charge in [0.05, 0.1) is 19.3 Å².